The number of amides is 1. The Kier molecular flexibility index (Phi) is 10.6. The summed E-state index contributed by atoms with van der Waals surface area (Å²) in [7, 11) is 3.55. The highest BCUT2D eigenvalue weighted by molar-refractivity contribution is 7.99. The Morgan fingerprint density at radius 2 is 1.90 bits per heavy atom. The van der Waals surface area contributed by atoms with Gasteiger partial charge in [-0.05, 0) is 37.1 Å². The molecule has 0 fully saturated rings. The Morgan fingerprint density at radius 1 is 1.29 bits per heavy atom. The summed E-state index contributed by atoms with van der Waals surface area (Å²) in [6.07, 6.45) is 2.14. The summed E-state index contributed by atoms with van der Waals surface area (Å²) in [5.74, 6) is 0.116. The second-order valence-corrected chi connectivity index (χ2v) is 6.71. The van der Waals surface area contributed by atoms with E-state index in [1.54, 1.807) is 19.0 Å². The molecule has 0 spiro atoms. The molecule has 3 nitrogen and oxygen atoms in total. The number of hydrogen-bond acceptors (Lipinski definition) is 3. The third-order valence-electron chi connectivity index (χ3n) is 3.20. The number of nitrogens with one attached hydrogen (secondary N) is 1. The van der Waals surface area contributed by atoms with E-state index in [9.17, 15) is 4.79 Å². The smallest absolute Gasteiger partial charge is 0.236 e. The Labute approximate surface area is 139 Å². The van der Waals surface area contributed by atoms with Gasteiger partial charge in [0.1, 0.15) is 0 Å². The van der Waals surface area contributed by atoms with Crippen molar-refractivity contribution in [2.75, 3.05) is 27.2 Å². The van der Waals surface area contributed by atoms with Gasteiger partial charge in [0.15, 0.2) is 0 Å². The lowest BCUT2D eigenvalue weighted by Gasteiger charge is -2.11. The molecular formula is C16H27ClN2OS. The molecule has 0 bridgehead atoms. The molecule has 1 aromatic carbocycles. The van der Waals surface area contributed by atoms with Crippen LogP contribution in [0.2, 0.25) is 0 Å². The first-order chi connectivity index (χ1) is 9.52. The average Bonchev–Trinajstić information content (AvgIpc) is 2.44. The van der Waals surface area contributed by atoms with Crippen LogP contribution in [0.5, 0.6) is 0 Å². The molecule has 0 aliphatic rings. The number of likely N-dealkylation sites (N-methyl/N-ethyl adjacent to an activating group) is 1. The standard InChI is InChI=1S/C16H26N2OS.ClH/c1-5-13(2)20-15-8-6-14(7-9-15)10-11-17-12-16(19)18(3)4;/h6-9,13,17H,5,10-12H2,1-4H3;1H. The van der Waals surface area contributed by atoms with E-state index in [0.29, 0.717) is 11.8 Å². The quantitative estimate of drug-likeness (QED) is 0.586. The van der Waals surface area contributed by atoms with Crippen LogP contribution in [0.4, 0.5) is 0 Å². The Bertz CT molecular complexity index is 409. The molecule has 1 amide bonds. The molecule has 0 aliphatic carbocycles. The summed E-state index contributed by atoms with van der Waals surface area (Å²) in [6, 6.07) is 8.74. The zero-order chi connectivity index (χ0) is 15.0. The normalized spacial score (nSPS) is 11.6. The number of carbonyl (C=O) groups is 1. The molecule has 0 aromatic heterocycles. The molecule has 1 rings (SSSR count). The van der Waals surface area contributed by atoms with Crippen LogP contribution in [-0.4, -0.2) is 43.2 Å². The lowest BCUT2D eigenvalue weighted by atomic mass is 10.1. The molecule has 1 aromatic rings. The third kappa shape index (κ3) is 8.34. The second-order valence-electron chi connectivity index (χ2n) is 5.20. The molecule has 5 heteroatoms. The zero-order valence-corrected chi connectivity index (χ0v) is 15.0. The highest BCUT2D eigenvalue weighted by Gasteiger charge is 2.03. The molecular weight excluding hydrogens is 304 g/mol. The van der Waals surface area contributed by atoms with Crippen LogP contribution in [0.15, 0.2) is 29.2 Å². The Balaban J connectivity index is 0.00000400. The van der Waals surface area contributed by atoms with Crippen molar-refractivity contribution in [2.24, 2.45) is 0 Å². The minimum Gasteiger partial charge on any atom is -0.348 e. The van der Waals surface area contributed by atoms with Crippen LogP contribution < -0.4 is 5.32 Å². The predicted molar refractivity (Wildman–Crippen MR) is 94.6 cm³/mol. The maximum atomic E-state index is 11.4. The largest absolute Gasteiger partial charge is 0.348 e. The van der Waals surface area contributed by atoms with Crippen LogP contribution in [0.3, 0.4) is 0 Å². The first-order valence-corrected chi connectivity index (χ1v) is 8.07. The molecule has 120 valence electrons. The van der Waals surface area contributed by atoms with Crippen molar-refractivity contribution in [1.82, 2.24) is 10.2 Å². The summed E-state index contributed by atoms with van der Waals surface area (Å²) in [5.41, 5.74) is 1.31. The van der Waals surface area contributed by atoms with Crippen molar-refractivity contribution in [3.63, 3.8) is 0 Å². The van der Waals surface area contributed by atoms with Gasteiger partial charge in [0, 0.05) is 24.2 Å². The predicted octanol–water partition coefficient (Wildman–Crippen LogP) is 3.22. The topological polar surface area (TPSA) is 32.3 Å². The summed E-state index contributed by atoms with van der Waals surface area (Å²) >= 11 is 1.92. The van der Waals surface area contributed by atoms with Gasteiger partial charge >= 0.3 is 0 Å². The zero-order valence-electron chi connectivity index (χ0n) is 13.4. The van der Waals surface area contributed by atoms with Crippen LogP contribution in [-0.2, 0) is 11.2 Å². The monoisotopic (exact) mass is 330 g/mol. The fourth-order valence-electron chi connectivity index (χ4n) is 1.64. The van der Waals surface area contributed by atoms with Gasteiger partial charge in [0.05, 0.1) is 6.54 Å². The van der Waals surface area contributed by atoms with Gasteiger partial charge in [-0.3, -0.25) is 4.79 Å². The summed E-state index contributed by atoms with van der Waals surface area (Å²) in [6.45, 7) is 5.71. The summed E-state index contributed by atoms with van der Waals surface area (Å²) in [5, 5.41) is 3.84. The highest BCUT2D eigenvalue weighted by atomic mass is 35.5. The van der Waals surface area contributed by atoms with Crippen molar-refractivity contribution in [1.29, 1.82) is 0 Å². The van der Waals surface area contributed by atoms with Gasteiger partial charge in [-0.2, -0.15) is 0 Å². The van der Waals surface area contributed by atoms with Crippen molar-refractivity contribution < 1.29 is 4.79 Å². The van der Waals surface area contributed by atoms with Crippen LogP contribution in [0, 0.1) is 0 Å². The van der Waals surface area contributed by atoms with E-state index in [1.807, 2.05) is 11.8 Å². The maximum absolute atomic E-state index is 11.4. The number of hydrogen-bond donors (Lipinski definition) is 1. The van der Waals surface area contributed by atoms with Crippen molar-refractivity contribution in [2.45, 2.75) is 36.8 Å². The molecule has 1 unspecified atom stereocenters. The van der Waals surface area contributed by atoms with Gasteiger partial charge in [0.25, 0.3) is 0 Å². The summed E-state index contributed by atoms with van der Waals surface area (Å²) in [4.78, 5) is 14.3. The van der Waals surface area contributed by atoms with E-state index in [0.717, 1.165) is 13.0 Å². The van der Waals surface area contributed by atoms with Crippen molar-refractivity contribution in [3.8, 4) is 0 Å². The van der Waals surface area contributed by atoms with E-state index >= 15 is 0 Å². The van der Waals surface area contributed by atoms with Gasteiger partial charge in [0.2, 0.25) is 5.91 Å². The first-order valence-electron chi connectivity index (χ1n) is 7.19. The maximum Gasteiger partial charge on any atom is 0.236 e. The average molecular weight is 331 g/mol. The van der Waals surface area contributed by atoms with Gasteiger partial charge < -0.3 is 10.2 Å². The van der Waals surface area contributed by atoms with Gasteiger partial charge in [-0.25, -0.2) is 0 Å². The van der Waals surface area contributed by atoms with Gasteiger partial charge in [-0.1, -0.05) is 26.0 Å². The fraction of sp³-hybridized carbons (Fsp3) is 0.562. The number of rotatable bonds is 8. The molecule has 0 saturated heterocycles. The van der Waals surface area contributed by atoms with Crippen molar-refractivity contribution >= 4 is 30.1 Å². The second kappa shape index (κ2) is 10.9. The Morgan fingerprint density at radius 3 is 2.43 bits per heavy atom. The van der Waals surface area contributed by atoms with Crippen LogP contribution >= 0.6 is 24.2 Å². The molecule has 0 saturated carbocycles. The minimum absolute atomic E-state index is 0. The minimum atomic E-state index is 0. The molecule has 0 radical (unpaired) electrons. The molecule has 21 heavy (non-hydrogen) atoms. The lowest BCUT2D eigenvalue weighted by molar-refractivity contribution is -0.127. The molecule has 1 atom stereocenters. The van der Waals surface area contributed by atoms with E-state index in [1.165, 1.54) is 16.9 Å². The highest BCUT2D eigenvalue weighted by Crippen LogP contribution is 2.25. The lowest BCUT2D eigenvalue weighted by Crippen LogP contribution is -2.33. The molecule has 0 aliphatic heterocycles. The van der Waals surface area contributed by atoms with E-state index in [2.05, 4.69) is 43.4 Å². The fourth-order valence-corrected chi connectivity index (χ4v) is 2.56. The molecule has 0 heterocycles. The number of carbonyl (C=O) groups excluding carboxylic acids is 1. The summed E-state index contributed by atoms with van der Waals surface area (Å²) < 4.78 is 0. The number of halogens is 1. The van der Waals surface area contributed by atoms with Crippen LogP contribution in [0.25, 0.3) is 0 Å². The van der Waals surface area contributed by atoms with Crippen molar-refractivity contribution in [3.05, 3.63) is 29.8 Å². The third-order valence-corrected chi connectivity index (χ3v) is 4.48. The van der Waals surface area contributed by atoms with Gasteiger partial charge in [-0.15, -0.1) is 24.2 Å². The van der Waals surface area contributed by atoms with E-state index in [-0.39, 0.29) is 18.3 Å². The number of nitrogens with zero attached hydrogens (tertiary/aromatic N) is 1. The van der Waals surface area contributed by atoms with E-state index < -0.39 is 0 Å². The number of benzene rings is 1. The SMILES string of the molecule is CCC(C)Sc1ccc(CCNCC(=O)N(C)C)cc1.Cl. The van der Waals surface area contributed by atoms with E-state index in [4.69, 9.17) is 0 Å². The first kappa shape index (κ1) is 20.3. The molecule has 1 N–H and O–H groups in total. The number of thioether (sulfide) groups is 1. The Hall–Kier alpha value is -0.710. The van der Waals surface area contributed by atoms with Crippen LogP contribution in [0.1, 0.15) is 25.8 Å².